The van der Waals surface area contributed by atoms with Crippen LogP contribution in [0.5, 0.6) is 0 Å². The number of rotatable bonds is 3. The number of anilines is 2. The van der Waals surface area contributed by atoms with Gasteiger partial charge in [0.05, 0.1) is 5.02 Å². The number of hydrogen-bond acceptors (Lipinski definition) is 4. The number of carbonyl (C=O) groups is 1. The van der Waals surface area contributed by atoms with Crippen LogP contribution in [0.25, 0.3) is 0 Å². The van der Waals surface area contributed by atoms with Crippen LogP contribution in [0.3, 0.4) is 0 Å². The molecular weight excluding hydrogens is 283 g/mol. The number of amides is 1. The summed E-state index contributed by atoms with van der Waals surface area (Å²) >= 11 is 5.92. The predicted molar refractivity (Wildman–Crippen MR) is 76.1 cm³/mol. The van der Waals surface area contributed by atoms with Crippen LogP contribution in [0, 0.1) is 12.7 Å². The maximum absolute atomic E-state index is 13.4. The normalized spacial score (nSPS) is 10.2. The highest BCUT2D eigenvalue weighted by atomic mass is 35.5. The van der Waals surface area contributed by atoms with Crippen molar-refractivity contribution in [3.63, 3.8) is 0 Å². The van der Waals surface area contributed by atoms with Gasteiger partial charge < -0.3 is 10.7 Å². The quantitative estimate of drug-likeness (QED) is 0.600. The Morgan fingerprint density at radius 1 is 1.35 bits per heavy atom. The number of aromatic nitrogens is 1. The molecule has 5 nitrogen and oxygen atoms in total. The number of pyridine rings is 1. The van der Waals surface area contributed by atoms with Crippen molar-refractivity contribution in [2.75, 3.05) is 10.7 Å². The molecule has 1 heterocycles. The van der Waals surface area contributed by atoms with E-state index in [9.17, 15) is 9.18 Å². The van der Waals surface area contributed by atoms with Gasteiger partial charge in [0.25, 0.3) is 5.91 Å². The van der Waals surface area contributed by atoms with E-state index in [1.807, 2.05) is 0 Å². The molecule has 1 aromatic heterocycles. The van der Waals surface area contributed by atoms with Gasteiger partial charge in [0.15, 0.2) is 0 Å². The Morgan fingerprint density at radius 2 is 2.10 bits per heavy atom. The van der Waals surface area contributed by atoms with Crippen molar-refractivity contribution in [3.05, 3.63) is 52.4 Å². The van der Waals surface area contributed by atoms with E-state index < -0.39 is 11.7 Å². The highest BCUT2D eigenvalue weighted by molar-refractivity contribution is 6.34. The number of nitrogens with two attached hydrogens (primary N) is 1. The average Bonchev–Trinajstić information content (AvgIpc) is 2.44. The molecule has 0 unspecified atom stereocenters. The zero-order valence-electron chi connectivity index (χ0n) is 10.6. The first-order valence-corrected chi connectivity index (χ1v) is 6.10. The summed E-state index contributed by atoms with van der Waals surface area (Å²) < 4.78 is 13.4. The lowest BCUT2D eigenvalue weighted by molar-refractivity contribution is 0.102. The lowest BCUT2D eigenvalue weighted by atomic mass is 10.2. The van der Waals surface area contributed by atoms with Gasteiger partial charge in [-0.15, -0.1) is 0 Å². The SMILES string of the molecule is Cc1c(F)cccc1NC(=O)c1nc(NN)ccc1Cl. The Labute approximate surface area is 119 Å². The second-order valence-corrected chi connectivity index (χ2v) is 4.44. The minimum Gasteiger partial charge on any atom is -0.320 e. The van der Waals surface area contributed by atoms with Crippen LogP contribution >= 0.6 is 11.6 Å². The van der Waals surface area contributed by atoms with Crippen molar-refractivity contribution in [2.45, 2.75) is 6.92 Å². The predicted octanol–water partition coefficient (Wildman–Crippen LogP) is 2.72. The van der Waals surface area contributed by atoms with Gasteiger partial charge in [-0.1, -0.05) is 17.7 Å². The minimum atomic E-state index is -0.541. The van der Waals surface area contributed by atoms with E-state index >= 15 is 0 Å². The number of nitrogen functional groups attached to an aromatic ring is 1. The lowest BCUT2D eigenvalue weighted by Crippen LogP contribution is -2.17. The topological polar surface area (TPSA) is 80.0 Å². The van der Waals surface area contributed by atoms with E-state index in [2.05, 4.69) is 15.7 Å². The van der Waals surface area contributed by atoms with Gasteiger partial charge in [0.2, 0.25) is 0 Å². The van der Waals surface area contributed by atoms with Gasteiger partial charge >= 0.3 is 0 Å². The van der Waals surface area contributed by atoms with Crippen LogP contribution in [0.4, 0.5) is 15.9 Å². The fraction of sp³-hybridized carbons (Fsp3) is 0.0769. The van der Waals surface area contributed by atoms with Gasteiger partial charge in [-0.3, -0.25) is 4.79 Å². The molecule has 0 aliphatic heterocycles. The molecular formula is C13H12ClFN4O. The number of carbonyl (C=O) groups excluding carboxylic acids is 1. The Kier molecular flexibility index (Phi) is 4.16. The van der Waals surface area contributed by atoms with Gasteiger partial charge in [0.1, 0.15) is 17.3 Å². The molecule has 2 rings (SSSR count). The molecule has 7 heteroatoms. The van der Waals surface area contributed by atoms with E-state index in [0.29, 0.717) is 17.1 Å². The zero-order valence-corrected chi connectivity index (χ0v) is 11.3. The lowest BCUT2D eigenvalue weighted by Gasteiger charge is -2.10. The molecule has 104 valence electrons. The smallest absolute Gasteiger partial charge is 0.275 e. The largest absolute Gasteiger partial charge is 0.320 e. The molecule has 0 saturated heterocycles. The maximum Gasteiger partial charge on any atom is 0.275 e. The van der Waals surface area contributed by atoms with Crippen molar-refractivity contribution >= 4 is 29.0 Å². The monoisotopic (exact) mass is 294 g/mol. The van der Waals surface area contributed by atoms with Crippen molar-refractivity contribution < 1.29 is 9.18 Å². The molecule has 1 aromatic carbocycles. The average molecular weight is 295 g/mol. The summed E-state index contributed by atoms with van der Waals surface area (Å²) in [4.78, 5) is 16.1. The molecule has 0 aliphatic carbocycles. The number of halogens is 2. The highest BCUT2D eigenvalue weighted by Crippen LogP contribution is 2.21. The summed E-state index contributed by atoms with van der Waals surface area (Å²) in [5.41, 5.74) is 3.03. The Hall–Kier alpha value is -2.18. The molecule has 20 heavy (non-hydrogen) atoms. The van der Waals surface area contributed by atoms with Crippen LogP contribution in [0.15, 0.2) is 30.3 Å². The summed E-state index contributed by atoms with van der Waals surface area (Å²) in [6.45, 7) is 1.57. The molecule has 0 radical (unpaired) electrons. The number of benzene rings is 1. The molecule has 0 aliphatic rings. The fourth-order valence-electron chi connectivity index (χ4n) is 1.61. The Morgan fingerprint density at radius 3 is 2.80 bits per heavy atom. The third-order valence-corrected chi connectivity index (χ3v) is 3.03. The molecule has 1 amide bonds. The zero-order chi connectivity index (χ0) is 14.7. The van der Waals surface area contributed by atoms with Crippen molar-refractivity contribution in [1.82, 2.24) is 4.98 Å². The molecule has 0 atom stereocenters. The van der Waals surface area contributed by atoms with Crippen LogP contribution in [0.1, 0.15) is 16.1 Å². The number of nitrogens with one attached hydrogen (secondary N) is 2. The second kappa shape index (κ2) is 5.85. The molecule has 0 bridgehead atoms. The van der Waals surface area contributed by atoms with Crippen LogP contribution in [-0.2, 0) is 0 Å². The van der Waals surface area contributed by atoms with Crippen LogP contribution in [0.2, 0.25) is 5.02 Å². The van der Waals surface area contributed by atoms with E-state index in [1.165, 1.54) is 24.3 Å². The standard InChI is InChI=1S/C13H12ClFN4O/c1-7-9(15)3-2-4-10(7)17-13(20)12-8(14)5-6-11(18-12)19-16/h2-6H,16H2,1H3,(H,17,20)(H,18,19). The second-order valence-electron chi connectivity index (χ2n) is 4.04. The maximum atomic E-state index is 13.4. The molecule has 4 N–H and O–H groups in total. The number of hydrogen-bond donors (Lipinski definition) is 3. The minimum absolute atomic E-state index is 0.00535. The molecule has 0 fully saturated rings. The van der Waals surface area contributed by atoms with Crippen molar-refractivity contribution in [2.24, 2.45) is 5.84 Å². The van der Waals surface area contributed by atoms with Gasteiger partial charge in [-0.2, -0.15) is 0 Å². The number of hydrazine groups is 1. The summed E-state index contributed by atoms with van der Waals surface area (Å²) in [5.74, 6) is 4.59. The van der Waals surface area contributed by atoms with Crippen LogP contribution < -0.4 is 16.6 Å². The molecule has 0 spiro atoms. The van der Waals surface area contributed by atoms with E-state index in [-0.39, 0.29) is 10.7 Å². The Balaban J connectivity index is 2.30. The third-order valence-electron chi connectivity index (χ3n) is 2.72. The van der Waals surface area contributed by atoms with Gasteiger partial charge in [-0.25, -0.2) is 15.2 Å². The Bertz CT molecular complexity index is 663. The van der Waals surface area contributed by atoms with Crippen molar-refractivity contribution in [3.8, 4) is 0 Å². The van der Waals surface area contributed by atoms with Gasteiger partial charge in [0, 0.05) is 11.3 Å². The van der Waals surface area contributed by atoms with E-state index in [0.717, 1.165) is 0 Å². The first-order valence-electron chi connectivity index (χ1n) is 5.72. The molecule has 2 aromatic rings. The van der Waals surface area contributed by atoms with E-state index in [4.69, 9.17) is 17.4 Å². The number of nitrogens with zero attached hydrogens (tertiary/aromatic N) is 1. The highest BCUT2D eigenvalue weighted by Gasteiger charge is 2.15. The summed E-state index contributed by atoms with van der Waals surface area (Å²) in [7, 11) is 0. The van der Waals surface area contributed by atoms with Crippen LogP contribution in [-0.4, -0.2) is 10.9 Å². The van der Waals surface area contributed by atoms with E-state index in [1.54, 1.807) is 13.0 Å². The fourth-order valence-corrected chi connectivity index (χ4v) is 1.80. The van der Waals surface area contributed by atoms with Crippen molar-refractivity contribution in [1.29, 1.82) is 0 Å². The van der Waals surface area contributed by atoms with Gasteiger partial charge in [-0.05, 0) is 31.2 Å². The summed E-state index contributed by atoms with van der Waals surface area (Å²) in [5, 5.41) is 2.74. The third kappa shape index (κ3) is 2.87. The summed E-state index contributed by atoms with van der Waals surface area (Å²) in [6, 6.07) is 7.44. The first kappa shape index (κ1) is 14.2. The first-order chi connectivity index (χ1) is 9.52. The molecule has 0 saturated carbocycles. The summed E-state index contributed by atoms with van der Waals surface area (Å²) in [6.07, 6.45) is 0.